The quantitative estimate of drug-likeness (QED) is 0.584. The Hall–Kier alpha value is -3.62. The van der Waals surface area contributed by atoms with Crippen LogP contribution in [0.4, 0.5) is 20.6 Å². The molecule has 4 amide bonds. The number of amides is 4. The minimum Gasteiger partial charge on any atom is -0.367 e. The molecule has 0 bridgehead atoms. The number of piperazine rings is 1. The molecule has 9 heteroatoms. The Bertz CT molecular complexity index is 1060. The fourth-order valence-corrected chi connectivity index (χ4v) is 3.75. The number of urea groups is 1. The number of anilines is 2. The number of halogens is 1. The number of carbonyl (C=O) groups is 3. The van der Waals surface area contributed by atoms with Gasteiger partial charge in [0.05, 0.1) is 5.56 Å². The van der Waals surface area contributed by atoms with E-state index in [0.29, 0.717) is 43.9 Å². The van der Waals surface area contributed by atoms with Crippen LogP contribution in [0, 0.1) is 5.82 Å². The Kier molecular flexibility index (Phi) is 8.32. The molecule has 1 aliphatic rings. The van der Waals surface area contributed by atoms with Gasteiger partial charge >= 0.3 is 6.03 Å². The van der Waals surface area contributed by atoms with Crippen LogP contribution < -0.4 is 20.9 Å². The van der Waals surface area contributed by atoms with Crippen molar-refractivity contribution in [3.8, 4) is 0 Å². The van der Waals surface area contributed by atoms with Gasteiger partial charge in [-0.15, -0.1) is 0 Å². The molecule has 0 spiro atoms. The highest BCUT2D eigenvalue weighted by Crippen LogP contribution is 2.26. The first-order chi connectivity index (χ1) is 16.6. The van der Waals surface area contributed by atoms with Crippen LogP contribution in [0.5, 0.6) is 0 Å². The third-order valence-electron chi connectivity index (χ3n) is 5.60. The van der Waals surface area contributed by atoms with E-state index in [1.54, 1.807) is 36.1 Å². The van der Waals surface area contributed by atoms with Crippen LogP contribution in [-0.4, -0.2) is 54.5 Å². The van der Waals surface area contributed by atoms with Crippen LogP contribution in [0.15, 0.2) is 42.5 Å². The van der Waals surface area contributed by atoms with Crippen molar-refractivity contribution in [1.29, 1.82) is 0 Å². The summed E-state index contributed by atoms with van der Waals surface area (Å²) in [7, 11) is 0. The van der Waals surface area contributed by atoms with Gasteiger partial charge in [0.25, 0.3) is 5.91 Å². The molecule has 188 valence electrons. The van der Waals surface area contributed by atoms with Crippen molar-refractivity contribution in [3.05, 3.63) is 59.4 Å². The third-order valence-corrected chi connectivity index (χ3v) is 5.60. The Labute approximate surface area is 205 Å². The van der Waals surface area contributed by atoms with Gasteiger partial charge in [-0.3, -0.25) is 9.59 Å². The summed E-state index contributed by atoms with van der Waals surface area (Å²) in [6.07, 6.45) is 0.326. The van der Waals surface area contributed by atoms with Gasteiger partial charge in [-0.05, 0) is 56.7 Å². The third kappa shape index (κ3) is 7.43. The molecule has 0 atom stereocenters. The summed E-state index contributed by atoms with van der Waals surface area (Å²) < 4.78 is 13.2. The molecule has 0 aromatic heterocycles. The second kappa shape index (κ2) is 11.2. The number of hydrogen-bond donors (Lipinski definition) is 3. The SMILES string of the molecule is CCC(=O)Nc1ccc(N2CCN(C(=O)NC(C)(C)C)CC2)c(C(=O)NCc2ccc(F)cc2)c1. The zero-order valence-corrected chi connectivity index (χ0v) is 20.8. The second-order valence-corrected chi connectivity index (χ2v) is 9.60. The van der Waals surface area contributed by atoms with Crippen LogP contribution in [0.1, 0.15) is 50.0 Å². The first-order valence-corrected chi connectivity index (χ1v) is 11.8. The number of nitrogens with zero attached hydrogens (tertiary/aromatic N) is 2. The van der Waals surface area contributed by atoms with Crippen LogP contribution >= 0.6 is 0 Å². The van der Waals surface area contributed by atoms with Crippen molar-refractivity contribution < 1.29 is 18.8 Å². The average Bonchev–Trinajstić information content (AvgIpc) is 2.82. The molecule has 2 aromatic rings. The van der Waals surface area contributed by atoms with E-state index in [0.717, 1.165) is 11.3 Å². The predicted molar refractivity (Wildman–Crippen MR) is 135 cm³/mol. The Morgan fingerprint density at radius 3 is 2.23 bits per heavy atom. The van der Waals surface area contributed by atoms with E-state index in [2.05, 4.69) is 20.9 Å². The lowest BCUT2D eigenvalue weighted by Crippen LogP contribution is -2.55. The molecule has 0 aliphatic carbocycles. The zero-order valence-electron chi connectivity index (χ0n) is 20.8. The molecule has 1 fully saturated rings. The van der Waals surface area contributed by atoms with E-state index in [9.17, 15) is 18.8 Å². The molecule has 1 heterocycles. The van der Waals surface area contributed by atoms with Crippen LogP contribution in [0.25, 0.3) is 0 Å². The van der Waals surface area contributed by atoms with Crippen molar-refractivity contribution in [2.75, 3.05) is 36.4 Å². The summed E-state index contributed by atoms with van der Waals surface area (Å²) in [6, 6.07) is 11.1. The lowest BCUT2D eigenvalue weighted by atomic mass is 10.1. The molecule has 3 N–H and O–H groups in total. The highest BCUT2D eigenvalue weighted by atomic mass is 19.1. The molecule has 1 saturated heterocycles. The van der Waals surface area contributed by atoms with Crippen molar-refractivity contribution in [3.63, 3.8) is 0 Å². The number of benzene rings is 2. The van der Waals surface area contributed by atoms with Crippen LogP contribution in [0.3, 0.4) is 0 Å². The fourth-order valence-electron chi connectivity index (χ4n) is 3.75. The molecule has 0 unspecified atom stereocenters. The molecule has 0 saturated carbocycles. The Morgan fingerprint density at radius 2 is 1.63 bits per heavy atom. The van der Waals surface area contributed by atoms with E-state index in [1.165, 1.54) is 12.1 Å². The molecule has 8 nitrogen and oxygen atoms in total. The highest BCUT2D eigenvalue weighted by molar-refractivity contribution is 6.02. The summed E-state index contributed by atoms with van der Waals surface area (Å²) in [6.45, 7) is 10.00. The minimum absolute atomic E-state index is 0.105. The van der Waals surface area contributed by atoms with Gasteiger partial charge in [-0.2, -0.15) is 0 Å². The van der Waals surface area contributed by atoms with E-state index < -0.39 is 0 Å². The van der Waals surface area contributed by atoms with E-state index in [1.807, 2.05) is 26.8 Å². The van der Waals surface area contributed by atoms with Crippen molar-refractivity contribution >= 4 is 29.2 Å². The van der Waals surface area contributed by atoms with Gasteiger partial charge in [0, 0.05) is 56.1 Å². The maximum atomic E-state index is 13.2. The Morgan fingerprint density at radius 1 is 0.971 bits per heavy atom. The minimum atomic E-state index is -0.336. The summed E-state index contributed by atoms with van der Waals surface area (Å²) in [5.41, 5.74) is 2.15. The zero-order chi connectivity index (χ0) is 25.6. The lowest BCUT2D eigenvalue weighted by Gasteiger charge is -2.38. The van der Waals surface area contributed by atoms with E-state index in [-0.39, 0.29) is 35.7 Å². The van der Waals surface area contributed by atoms with Gasteiger partial charge < -0.3 is 25.8 Å². The standard InChI is InChI=1S/C26H34FN5O3/c1-5-23(33)29-20-10-11-22(31-12-14-32(15-13-31)25(35)30-26(2,3)4)21(16-20)24(34)28-17-18-6-8-19(27)9-7-18/h6-11,16H,5,12-15,17H2,1-4H3,(H,28,34)(H,29,33)(H,30,35). The second-order valence-electron chi connectivity index (χ2n) is 9.60. The average molecular weight is 484 g/mol. The summed E-state index contributed by atoms with van der Waals surface area (Å²) in [5.74, 6) is -0.782. The summed E-state index contributed by atoms with van der Waals surface area (Å²) in [5, 5.41) is 8.67. The van der Waals surface area contributed by atoms with E-state index >= 15 is 0 Å². The van der Waals surface area contributed by atoms with Gasteiger partial charge in [0.1, 0.15) is 5.82 Å². The number of rotatable bonds is 6. The van der Waals surface area contributed by atoms with Crippen LogP contribution in [0.2, 0.25) is 0 Å². The number of nitrogens with one attached hydrogen (secondary N) is 3. The number of hydrogen-bond acceptors (Lipinski definition) is 4. The molecule has 3 rings (SSSR count). The number of carbonyl (C=O) groups excluding carboxylic acids is 3. The first-order valence-electron chi connectivity index (χ1n) is 11.8. The summed E-state index contributed by atoms with van der Waals surface area (Å²) >= 11 is 0. The van der Waals surface area contributed by atoms with Crippen molar-refractivity contribution in [1.82, 2.24) is 15.5 Å². The highest BCUT2D eigenvalue weighted by Gasteiger charge is 2.26. The molecule has 1 aliphatic heterocycles. The maximum Gasteiger partial charge on any atom is 0.317 e. The van der Waals surface area contributed by atoms with Crippen LogP contribution in [-0.2, 0) is 11.3 Å². The van der Waals surface area contributed by atoms with Crippen molar-refractivity contribution in [2.24, 2.45) is 0 Å². The molecule has 2 aromatic carbocycles. The normalized spacial score (nSPS) is 13.9. The first kappa shape index (κ1) is 26.0. The van der Waals surface area contributed by atoms with Gasteiger partial charge in [-0.25, -0.2) is 9.18 Å². The maximum absolute atomic E-state index is 13.2. The predicted octanol–water partition coefficient (Wildman–Crippen LogP) is 3.73. The summed E-state index contributed by atoms with van der Waals surface area (Å²) in [4.78, 5) is 41.4. The van der Waals surface area contributed by atoms with E-state index in [4.69, 9.17) is 0 Å². The monoisotopic (exact) mass is 483 g/mol. The topological polar surface area (TPSA) is 93.8 Å². The van der Waals surface area contributed by atoms with Gasteiger partial charge in [0.2, 0.25) is 5.91 Å². The molecular weight excluding hydrogens is 449 g/mol. The Balaban J connectivity index is 1.76. The lowest BCUT2D eigenvalue weighted by molar-refractivity contribution is -0.115. The molecule has 35 heavy (non-hydrogen) atoms. The largest absolute Gasteiger partial charge is 0.367 e. The van der Waals surface area contributed by atoms with Crippen molar-refractivity contribution in [2.45, 2.75) is 46.2 Å². The van der Waals surface area contributed by atoms with Gasteiger partial charge in [0.15, 0.2) is 0 Å². The molecule has 0 radical (unpaired) electrons. The van der Waals surface area contributed by atoms with Gasteiger partial charge in [-0.1, -0.05) is 19.1 Å². The molecular formula is C26H34FN5O3. The fraction of sp³-hybridized carbons (Fsp3) is 0.423. The smallest absolute Gasteiger partial charge is 0.317 e.